The van der Waals surface area contributed by atoms with Crippen molar-refractivity contribution in [1.82, 2.24) is 0 Å². The molecule has 1 saturated carbocycles. The van der Waals surface area contributed by atoms with E-state index in [1.807, 2.05) is 54.6 Å². The number of esters is 2. The van der Waals surface area contributed by atoms with Crippen molar-refractivity contribution in [3.63, 3.8) is 0 Å². The number of unbranched alkanes of at least 4 members (excludes halogenated alkanes) is 4. The van der Waals surface area contributed by atoms with Crippen molar-refractivity contribution in [1.29, 1.82) is 0 Å². The number of hydrogen-bond acceptors (Lipinski definition) is 5. The monoisotopic (exact) mass is 502 g/mol. The highest BCUT2D eigenvalue weighted by Crippen LogP contribution is 2.45. The quantitative estimate of drug-likeness (QED) is 0.190. The summed E-state index contributed by atoms with van der Waals surface area (Å²) in [5.74, 6) is -0.492. The lowest BCUT2D eigenvalue weighted by Gasteiger charge is -2.40. The van der Waals surface area contributed by atoms with Crippen LogP contribution < -0.4 is 0 Å². The lowest BCUT2D eigenvalue weighted by molar-refractivity contribution is -0.141. The Morgan fingerprint density at radius 2 is 1.76 bits per heavy atom. The van der Waals surface area contributed by atoms with Gasteiger partial charge < -0.3 is 14.2 Å². The van der Waals surface area contributed by atoms with Crippen molar-refractivity contribution in [2.45, 2.75) is 82.5 Å². The molecule has 2 aliphatic heterocycles. The molecule has 5 atom stereocenters. The highest BCUT2D eigenvalue weighted by Gasteiger charge is 2.51. The van der Waals surface area contributed by atoms with Crippen LogP contribution in [-0.4, -0.2) is 36.4 Å². The Bertz CT molecular complexity index is 1090. The number of benzene rings is 2. The molecule has 0 spiro atoms. The SMILES string of the molecule is CCCCCCCC1(C=C[C@@H]2[C@H]3CC(=O)O[C@H]3C[C@H]2OC(=O)c2ccc(-c3ccccc3)cc2)CCO1. The summed E-state index contributed by atoms with van der Waals surface area (Å²) < 4.78 is 17.7. The van der Waals surface area contributed by atoms with Gasteiger partial charge in [0.15, 0.2) is 0 Å². The first kappa shape index (κ1) is 25.7. The minimum absolute atomic E-state index is 0.0451. The van der Waals surface area contributed by atoms with E-state index in [1.54, 1.807) is 0 Å². The fourth-order valence-electron chi connectivity index (χ4n) is 6.02. The van der Waals surface area contributed by atoms with E-state index >= 15 is 0 Å². The summed E-state index contributed by atoms with van der Waals surface area (Å²) in [6.07, 6.45) is 13.0. The number of rotatable bonds is 11. The standard InChI is InChI=1S/C32H38O5/c1-2-3-4-5-9-17-32(19-20-35-32)18-16-26-27-21-30(33)36-29(27)22-28(26)37-31(34)25-14-12-24(13-15-25)23-10-7-6-8-11-23/h6-8,10-16,18,26-29H,2-5,9,17,19-22H2,1H3/t26-,27-,28-,29+,32?/m1/s1. The normalized spacial score (nSPS) is 28.6. The van der Waals surface area contributed by atoms with Gasteiger partial charge in [-0.25, -0.2) is 4.79 Å². The third-order valence-corrected chi connectivity index (χ3v) is 8.28. The van der Waals surface area contributed by atoms with Crippen molar-refractivity contribution in [3.05, 3.63) is 72.3 Å². The Balaban J connectivity index is 1.25. The second-order valence-corrected chi connectivity index (χ2v) is 10.8. The molecule has 0 N–H and O–H groups in total. The van der Waals surface area contributed by atoms with E-state index < -0.39 is 0 Å². The lowest BCUT2D eigenvalue weighted by Crippen LogP contribution is -2.42. The van der Waals surface area contributed by atoms with E-state index in [0.29, 0.717) is 18.4 Å². The van der Waals surface area contributed by atoms with Gasteiger partial charge in [0.25, 0.3) is 0 Å². The van der Waals surface area contributed by atoms with Gasteiger partial charge in [-0.1, -0.05) is 93.6 Å². The second kappa shape index (κ2) is 11.6. The Morgan fingerprint density at radius 1 is 1.03 bits per heavy atom. The number of carbonyl (C=O) groups is 2. The Morgan fingerprint density at radius 3 is 2.46 bits per heavy atom. The molecule has 5 rings (SSSR count). The zero-order valence-electron chi connectivity index (χ0n) is 21.8. The molecule has 0 aromatic heterocycles. The van der Waals surface area contributed by atoms with E-state index in [9.17, 15) is 9.59 Å². The zero-order valence-corrected chi connectivity index (χ0v) is 21.8. The Hall–Kier alpha value is -2.92. The van der Waals surface area contributed by atoms with Crippen LogP contribution >= 0.6 is 0 Å². The van der Waals surface area contributed by atoms with Crippen molar-refractivity contribution >= 4 is 11.9 Å². The minimum atomic E-state index is -0.333. The van der Waals surface area contributed by atoms with E-state index in [1.165, 1.54) is 25.7 Å². The third-order valence-electron chi connectivity index (χ3n) is 8.28. The van der Waals surface area contributed by atoms with Gasteiger partial charge >= 0.3 is 11.9 Å². The van der Waals surface area contributed by atoms with Gasteiger partial charge in [-0.05, 0) is 29.7 Å². The largest absolute Gasteiger partial charge is 0.462 e. The van der Waals surface area contributed by atoms with Crippen LogP contribution in [0.5, 0.6) is 0 Å². The van der Waals surface area contributed by atoms with Crippen LogP contribution in [-0.2, 0) is 19.0 Å². The number of carbonyl (C=O) groups excluding carboxylic acids is 2. The van der Waals surface area contributed by atoms with Gasteiger partial charge in [-0.3, -0.25) is 4.79 Å². The highest BCUT2D eigenvalue weighted by atomic mass is 16.6. The Kier molecular flexibility index (Phi) is 8.09. The van der Waals surface area contributed by atoms with Crippen LogP contribution in [0.3, 0.4) is 0 Å². The first-order chi connectivity index (χ1) is 18.1. The molecular formula is C32H38O5. The highest BCUT2D eigenvalue weighted by molar-refractivity contribution is 5.90. The van der Waals surface area contributed by atoms with Crippen molar-refractivity contribution in [2.75, 3.05) is 6.61 Å². The minimum Gasteiger partial charge on any atom is -0.462 e. The van der Waals surface area contributed by atoms with Crippen LogP contribution in [0.15, 0.2) is 66.7 Å². The van der Waals surface area contributed by atoms with Gasteiger partial charge in [0, 0.05) is 24.7 Å². The smallest absolute Gasteiger partial charge is 0.338 e. The first-order valence-electron chi connectivity index (χ1n) is 14.0. The molecule has 2 aromatic rings. The van der Waals surface area contributed by atoms with E-state index in [4.69, 9.17) is 14.2 Å². The summed E-state index contributed by atoms with van der Waals surface area (Å²) in [6.45, 7) is 3.02. The second-order valence-electron chi connectivity index (χ2n) is 10.8. The van der Waals surface area contributed by atoms with Crippen LogP contribution in [0.25, 0.3) is 11.1 Å². The predicted octanol–water partition coefficient (Wildman–Crippen LogP) is 6.91. The topological polar surface area (TPSA) is 61.8 Å². The maximum absolute atomic E-state index is 13.1. The Labute approximate surface area is 220 Å². The first-order valence-corrected chi connectivity index (χ1v) is 14.0. The maximum Gasteiger partial charge on any atom is 0.338 e. The average Bonchev–Trinajstić information content (AvgIpc) is 3.40. The molecule has 0 bridgehead atoms. The molecular weight excluding hydrogens is 464 g/mol. The molecule has 2 aromatic carbocycles. The number of hydrogen-bond donors (Lipinski definition) is 0. The molecule has 5 heteroatoms. The summed E-state index contributed by atoms with van der Waals surface area (Å²) in [7, 11) is 0. The zero-order chi connectivity index (χ0) is 25.7. The lowest BCUT2D eigenvalue weighted by atomic mass is 9.84. The molecule has 2 heterocycles. The fraction of sp³-hybridized carbons (Fsp3) is 0.500. The molecule has 5 nitrogen and oxygen atoms in total. The molecule has 0 radical (unpaired) electrons. The molecule has 2 saturated heterocycles. The van der Waals surface area contributed by atoms with Crippen molar-refractivity contribution < 1.29 is 23.8 Å². The fourth-order valence-corrected chi connectivity index (χ4v) is 6.02. The molecule has 196 valence electrons. The maximum atomic E-state index is 13.1. The van der Waals surface area contributed by atoms with Gasteiger partial charge in [-0.15, -0.1) is 0 Å². The van der Waals surface area contributed by atoms with E-state index in [-0.39, 0.29) is 41.6 Å². The van der Waals surface area contributed by atoms with Gasteiger partial charge in [0.1, 0.15) is 12.2 Å². The molecule has 1 aliphatic carbocycles. The number of ether oxygens (including phenoxy) is 3. The van der Waals surface area contributed by atoms with E-state index in [0.717, 1.165) is 37.0 Å². The molecule has 37 heavy (non-hydrogen) atoms. The summed E-state index contributed by atoms with van der Waals surface area (Å²) in [4.78, 5) is 25.1. The summed E-state index contributed by atoms with van der Waals surface area (Å²) in [5.41, 5.74) is 2.48. The van der Waals surface area contributed by atoms with Gasteiger partial charge in [0.05, 0.1) is 24.2 Å². The van der Waals surface area contributed by atoms with Crippen LogP contribution in [0.4, 0.5) is 0 Å². The molecule has 3 fully saturated rings. The predicted molar refractivity (Wildman–Crippen MR) is 143 cm³/mol. The summed E-state index contributed by atoms with van der Waals surface area (Å²) >= 11 is 0. The van der Waals surface area contributed by atoms with Crippen LogP contribution in [0.2, 0.25) is 0 Å². The van der Waals surface area contributed by atoms with Gasteiger partial charge in [0.2, 0.25) is 0 Å². The number of fused-ring (bicyclic) bond motifs is 1. The summed E-state index contributed by atoms with van der Waals surface area (Å²) in [6, 6.07) is 17.6. The summed E-state index contributed by atoms with van der Waals surface area (Å²) in [5, 5.41) is 0. The van der Waals surface area contributed by atoms with Crippen LogP contribution in [0.1, 0.15) is 75.1 Å². The molecule has 3 aliphatic rings. The van der Waals surface area contributed by atoms with Crippen LogP contribution in [0, 0.1) is 11.8 Å². The molecule has 1 unspecified atom stereocenters. The van der Waals surface area contributed by atoms with E-state index in [2.05, 4.69) is 19.1 Å². The van der Waals surface area contributed by atoms with Gasteiger partial charge in [-0.2, -0.15) is 0 Å². The van der Waals surface area contributed by atoms with Crippen molar-refractivity contribution in [2.24, 2.45) is 11.8 Å². The van der Waals surface area contributed by atoms with Crippen molar-refractivity contribution in [3.8, 4) is 11.1 Å². The molecule has 0 amide bonds. The third kappa shape index (κ3) is 5.98. The average molecular weight is 503 g/mol.